The predicted octanol–water partition coefficient (Wildman–Crippen LogP) is -3.25. The van der Waals surface area contributed by atoms with Crippen LogP contribution in [0.2, 0.25) is 0 Å². The van der Waals surface area contributed by atoms with E-state index in [-0.39, 0.29) is 0 Å². The maximum atomic E-state index is 10.8. The molecule has 0 aromatic heterocycles. The van der Waals surface area contributed by atoms with Crippen molar-refractivity contribution in [2.45, 2.75) is 12.5 Å². The summed E-state index contributed by atoms with van der Waals surface area (Å²) < 4.78 is 26.7. The summed E-state index contributed by atoms with van der Waals surface area (Å²) in [5, 5.41) is 9.09. The van der Waals surface area contributed by atoms with Crippen LogP contribution in [0.25, 0.3) is 0 Å². The van der Waals surface area contributed by atoms with Crippen LogP contribution in [0, 0.1) is 0 Å². The average molecular weight is 292 g/mol. The Balaban J connectivity index is 4.90. The number of phosphoric acid groups is 2. The van der Waals surface area contributed by atoms with E-state index in [1.165, 1.54) is 0 Å². The van der Waals surface area contributed by atoms with E-state index in [0.717, 1.165) is 0 Å². The third-order valence-corrected chi connectivity index (χ3v) is 1.98. The van der Waals surface area contributed by atoms with Crippen LogP contribution in [0.1, 0.15) is 6.92 Å². The molecule has 1 atom stereocenters. The molecule has 0 aromatic carbocycles. The lowest BCUT2D eigenvalue weighted by molar-refractivity contribution is -0.338. The van der Waals surface area contributed by atoms with Crippen molar-refractivity contribution in [1.82, 2.24) is 0 Å². The molecule has 0 aliphatic carbocycles. The zero-order valence-corrected chi connectivity index (χ0v) is 9.79. The molecular weight excluding hydrogens is 286 g/mol. The molecule has 0 aliphatic heterocycles. The van der Waals surface area contributed by atoms with Gasteiger partial charge in [0, 0.05) is 0 Å². The molecule has 0 amide bonds. The molecule has 0 aliphatic rings. The molecule has 11 nitrogen and oxygen atoms in total. The Labute approximate surface area is 93.5 Å². The second kappa shape index (κ2) is 4.83. The molecule has 0 spiro atoms. The fraction of sp³-hybridized carbons (Fsp3) is 0.500. The highest BCUT2D eigenvalue weighted by Crippen LogP contribution is 2.38. The Kier molecular flexibility index (Phi) is 4.60. The van der Waals surface area contributed by atoms with Gasteiger partial charge in [-0.2, -0.15) is 0 Å². The lowest BCUT2D eigenvalue weighted by Gasteiger charge is -2.30. The highest BCUT2D eigenvalue weighted by atomic mass is 31.2. The van der Waals surface area contributed by atoms with Gasteiger partial charge in [-0.05, 0) is 6.92 Å². The Morgan fingerprint density at radius 1 is 1.12 bits per heavy atom. The van der Waals surface area contributed by atoms with Gasteiger partial charge in [0.1, 0.15) is 7.82 Å². The number of hydrogen-bond acceptors (Lipinski definition) is 9. The molecule has 0 bridgehead atoms. The van der Waals surface area contributed by atoms with Crippen LogP contribution in [-0.2, 0) is 27.8 Å². The van der Waals surface area contributed by atoms with E-state index in [2.05, 4.69) is 9.05 Å². The molecule has 3 N–H and O–H groups in total. The maximum Gasteiger partial charge on any atom is 0.527 e. The number of aliphatic hydroxyl groups is 1. The van der Waals surface area contributed by atoms with Crippen LogP contribution in [0.4, 0.5) is 0 Å². The summed E-state index contributed by atoms with van der Waals surface area (Å²) in [4.78, 5) is 58.1. The summed E-state index contributed by atoms with van der Waals surface area (Å²) >= 11 is 0. The fourth-order valence-electron chi connectivity index (χ4n) is 0.471. The van der Waals surface area contributed by atoms with Gasteiger partial charge < -0.3 is 28.5 Å². The monoisotopic (exact) mass is 292 g/mol. The SMILES string of the molecule is CC(O)(C(=O)OP(=O)([O-])[O-])C(=O)OP(=O)(O)O. The number of rotatable bonds is 4. The van der Waals surface area contributed by atoms with Crippen molar-refractivity contribution in [1.29, 1.82) is 0 Å². The van der Waals surface area contributed by atoms with Crippen molar-refractivity contribution in [2.75, 3.05) is 0 Å². The molecule has 100 valence electrons. The van der Waals surface area contributed by atoms with Crippen molar-refractivity contribution >= 4 is 27.6 Å². The normalized spacial score (nSPS) is 15.9. The zero-order valence-electron chi connectivity index (χ0n) is 8.00. The second-order valence-corrected chi connectivity index (χ2v) is 5.01. The van der Waals surface area contributed by atoms with Gasteiger partial charge in [-0.25, -0.2) is 14.2 Å². The smallest absolute Gasteiger partial charge is 0.527 e. The lowest BCUT2D eigenvalue weighted by Crippen LogP contribution is -2.46. The van der Waals surface area contributed by atoms with Crippen molar-refractivity contribution in [2.24, 2.45) is 0 Å². The standard InChI is InChI=1S/C4H8O11P2/c1-4(7,2(5)14-16(8,9)10)3(6)15-17(11,12)13/h7H,1H3,(H2,8,9,10)(H2,11,12,13)/p-2. The second-order valence-electron chi connectivity index (χ2n) is 2.77. The summed E-state index contributed by atoms with van der Waals surface area (Å²) in [7, 11) is -11.2. The molecule has 1 unspecified atom stereocenters. The largest absolute Gasteiger partial charge is 0.780 e. The van der Waals surface area contributed by atoms with Crippen LogP contribution < -0.4 is 9.79 Å². The Morgan fingerprint density at radius 3 is 1.76 bits per heavy atom. The van der Waals surface area contributed by atoms with Crippen LogP contribution in [0.5, 0.6) is 0 Å². The first kappa shape index (κ1) is 16.2. The molecule has 0 aromatic rings. The summed E-state index contributed by atoms with van der Waals surface area (Å²) in [5.41, 5.74) is -3.36. The van der Waals surface area contributed by atoms with Gasteiger partial charge in [0.2, 0.25) is 0 Å². The minimum Gasteiger partial charge on any atom is -0.780 e. The van der Waals surface area contributed by atoms with Crippen molar-refractivity contribution in [3.63, 3.8) is 0 Å². The molecule has 0 fully saturated rings. The van der Waals surface area contributed by atoms with Gasteiger partial charge in [0.05, 0.1) is 0 Å². The topological polar surface area (TPSA) is 194 Å². The number of carbonyl (C=O) groups excluding carboxylic acids is 2. The fourth-order valence-corrected chi connectivity index (χ4v) is 1.25. The number of carbonyl (C=O) groups is 2. The third-order valence-electron chi connectivity index (χ3n) is 1.19. The summed E-state index contributed by atoms with van der Waals surface area (Å²) in [6.07, 6.45) is 0. The third kappa shape index (κ3) is 5.89. The molecule has 17 heavy (non-hydrogen) atoms. The van der Waals surface area contributed by atoms with Crippen molar-refractivity contribution in [3.8, 4) is 0 Å². The first-order valence-corrected chi connectivity index (χ1v) is 6.53. The Bertz CT molecular complexity index is 373. The maximum absolute atomic E-state index is 10.8. The van der Waals surface area contributed by atoms with E-state index < -0.39 is 33.2 Å². The highest BCUT2D eigenvalue weighted by molar-refractivity contribution is 7.47. The highest BCUT2D eigenvalue weighted by Gasteiger charge is 2.45. The van der Waals surface area contributed by atoms with Gasteiger partial charge >= 0.3 is 19.8 Å². The summed E-state index contributed by atoms with van der Waals surface area (Å²) in [5.74, 6) is -4.42. The number of phosphoric ester groups is 2. The van der Waals surface area contributed by atoms with E-state index in [1.54, 1.807) is 0 Å². The van der Waals surface area contributed by atoms with Gasteiger partial charge in [0.25, 0.3) is 5.60 Å². The minimum atomic E-state index is -5.82. The summed E-state index contributed by atoms with van der Waals surface area (Å²) in [6.45, 7) is 0.322. The van der Waals surface area contributed by atoms with E-state index in [1.807, 2.05) is 0 Å². The van der Waals surface area contributed by atoms with Gasteiger partial charge in [-0.1, -0.05) is 0 Å². The van der Waals surface area contributed by atoms with Crippen molar-refractivity contribution in [3.05, 3.63) is 0 Å². The molecule has 0 saturated heterocycles. The van der Waals surface area contributed by atoms with E-state index in [0.29, 0.717) is 6.92 Å². The molecule has 13 heteroatoms. The molecule has 0 heterocycles. The van der Waals surface area contributed by atoms with E-state index in [4.69, 9.17) is 14.9 Å². The van der Waals surface area contributed by atoms with Crippen LogP contribution >= 0.6 is 15.6 Å². The number of hydrogen-bond donors (Lipinski definition) is 3. The van der Waals surface area contributed by atoms with Gasteiger partial charge in [-0.15, -0.1) is 0 Å². The molecule has 0 saturated carbocycles. The lowest BCUT2D eigenvalue weighted by atomic mass is 10.1. The van der Waals surface area contributed by atoms with Crippen molar-refractivity contribution < 1.29 is 52.4 Å². The first-order chi connectivity index (χ1) is 7.26. The molecule has 0 rings (SSSR count). The van der Waals surface area contributed by atoms with Gasteiger partial charge in [0.15, 0.2) is 0 Å². The quantitative estimate of drug-likeness (QED) is 0.347. The van der Waals surface area contributed by atoms with E-state index in [9.17, 15) is 28.5 Å². The molecular formula is C4H6O11P2-2. The van der Waals surface area contributed by atoms with Crippen LogP contribution in [-0.4, -0.2) is 32.4 Å². The predicted molar refractivity (Wildman–Crippen MR) is 42.5 cm³/mol. The first-order valence-electron chi connectivity index (χ1n) is 3.54. The van der Waals surface area contributed by atoms with Gasteiger partial charge in [-0.3, -0.25) is 9.79 Å². The zero-order chi connectivity index (χ0) is 14.1. The Morgan fingerprint density at radius 2 is 1.47 bits per heavy atom. The van der Waals surface area contributed by atoms with E-state index >= 15 is 0 Å². The van der Waals surface area contributed by atoms with Crippen LogP contribution in [0.3, 0.4) is 0 Å². The molecule has 0 radical (unpaired) electrons. The average Bonchev–Trinajstić information content (AvgIpc) is 1.96. The van der Waals surface area contributed by atoms with Crippen LogP contribution in [0.15, 0.2) is 0 Å². The Hall–Kier alpha value is -0.800. The minimum absolute atomic E-state index is 0.322. The summed E-state index contributed by atoms with van der Waals surface area (Å²) in [6, 6.07) is 0.